The number of benzene rings is 1. The summed E-state index contributed by atoms with van der Waals surface area (Å²) in [6.07, 6.45) is 3.14. The van der Waals surface area contributed by atoms with Crippen molar-refractivity contribution in [3.05, 3.63) is 29.8 Å². The predicted octanol–water partition coefficient (Wildman–Crippen LogP) is 1.73. The first-order chi connectivity index (χ1) is 8.59. The molecule has 1 aliphatic heterocycles. The van der Waals surface area contributed by atoms with E-state index >= 15 is 0 Å². The summed E-state index contributed by atoms with van der Waals surface area (Å²) < 4.78 is 0. The molecule has 1 saturated heterocycles. The van der Waals surface area contributed by atoms with Crippen LogP contribution in [0.3, 0.4) is 0 Å². The zero-order chi connectivity index (χ0) is 13.1. The molecule has 2 unspecified atom stereocenters. The van der Waals surface area contributed by atoms with E-state index in [1.165, 1.54) is 12.1 Å². The highest BCUT2D eigenvalue weighted by Gasteiger charge is 2.29. The summed E-state index contributed by atoms with van der Waals surface area (Å²) in [5, 5.41) is 9.24. The van der Waals surface area contributed by atoms with Crippen molar-refractivity contribution >= 4 is 5.91 Å². The lowest BCUT2D eigenvalue weighted by molar-refractivity contribution is 0.0584. The molecule has 2 rings (SSSR count). The van der Waals surface area contributed by atoms with Crippen molar-refractivity contribution < 1.29 is 9.90 Å². The van der Waals surface area contributed by atoms with E-state index in [4.69, 9.17) is 5.73 Å². The van der Waals surface area contributed by atoms with E-state index < -0.39 is 0 Å². The third-order valence-electron chi connectivity index (χ3n) is 3.53. The topological polar surface area (TPSA) is 66.6 Å². The smallest absolute Gasteiger partial charge is 0.254 e. The zero-order valence-electron chi connectivity index (χ0n) is 10.7. The molecule has 0 aliphatic carbocycles. The Labute approximate surface area is 107 Å². The molecule has 98 valence electrons. The van der Waals surface area contributed by atoms with Crippen LogP contribution in [0, 0.1) is 0 Å². The fraction of sp³-hybridized carbons (Fsp3) is 0.500. The number of hydrogen-bond acceptors (Lipinski definition) is 3. The van der Waals surface area contributed by atoms with Crippen molar-refractivity contribution in [3.8, 4) is 5.75 Å². The Hall–Kier alpha value is -1.55. The lowest BCUT2D eigenvalue weighted by Crippen LogP contribution is -2.51. The number of likely N-dealkylation sites (tertiary alicyclic amines) is 1. The van der Waals surface area contributed by atoms with E-state index in [-0.39, 0.29) is 23.7 Å². The second kappa shape index (κ2) is 5.40. The molecule has 18 heavy (non-hydrogen) atoms. The summed E-state index contributed by atoms with van der Waals surface area (Å²) in [7, 11) is 0. The van der Waals surface area contributed by atoms with E-state index in [1.54, 1.807) is 12.1 Å². The Balaban J connectivity index is 2.18. The quantitative estimate of drug-likeness (QED) is 0.837. The van der Waals surface area contributed by atoms with Crippen LogP contribution in [0.25, 0.3) is 0 Å². The second-order valence-electron chi connectivity index (χ2n) is 4.97. The third kappa shape index (κ3) is 2.64. The maximum absolute atomic E-state index is 12.4. The molecule has 1 aliphatic rings. The molecule has 1 heterocycles. The Morgan fingerprint density at radius 2 is 2.06 bits per heavy atom. The lowest BCUT2D eigenvalue weighted by Gasteiger charge is -2.38. The van der Waals surface area contributed by atoms with E-state index in [0.717, 1.165) is 25.8 Å². The average Bonchev–Trinajstić information content (AvgIpc) is 2.39. The van der Waals surface area contributed by atoms with Gasteiger partial charge in [-0.15, -0.1) is 0 Å². The highest BCUT2D eigenvalue weighted by molar-refractivity contribution is 5.94. The molecule has 2 atom stereocenters. The number of phenols is 1. The van der Waals surface area contributed by atoms with Crippen LogP contribution in [0.5, 0.6) is 5.75 Å². The summed E-state index contributed by atoms with van der Waals surface area (Å²) in [4.78, 5) is 14.3. The Morgan fingerprint density at radius 3 is 2.67 bits per heavy atom. The van der Waals surface area contributed by atoms with Crippen molar-refractivity contribution in [2.45, 2.75) is 38.3 Å². The van der Waals surface area contributed by atoms with Gasteiger partial charge < -0.3 is 15.7 Å². The Morgan fingerprint density at radius 1 is 1.39 bits per heavy atom. The fourth-order valence-corrected chi connectivity index (χ4v) is 2.53. The van der Waals surface area contributed by atoms with Crippen LogP contribution in [-0.2, 0) is 0 Å². The van der Waals surface area contributed by atoms with Crippen molar-refractivity contribution in [3.63, 3.8) is 0 Å². The number of piperidine rings is 1. The maximum atomic E-state index is 12.4. The van der Waals surface area contributed by atoms with Crippen molar-refractivity contribution in [1.82, 2.24) is 4.90 Å². The van der Waals surface area contributed by atoms with Crippen LogP contribution in [0.1, 0.15) is 36.5 Å². The summed E-state index contributed by atoms with van der Waals surface area (Å²) in [5.41, 5.74) is 6.58. The zero-order valence-corrected chi connectivity index (χ0v) is 10.7. The van der Waals surface area contributed by atoms with Crippen LogP contribution >= 0.6 is 0 Å². The molecule has 4 heteroatoms. The molecule has 0 radical (unpaired) electrons. The van der Waals surface area contributed by atoms with E-state index in [1.807, 2.05) is 11.8 Å². The van der Waals surface area contributed by atoms with Gasteiger partial charge in [0.2, 0.25) is 0 Å². The van der Waals surface area contributed by atoms with Crippen LogP contribution in [-0.4, -0.2) is 34.5 Å². The second-order valence-corrected chi connectivity index (χ2v) is 4.97. The van der Waals surface area contributed by atoms with Gasteiger partial charge in [0, 0.05) is 24.2 Å². The highest BCUT2D eigenvalue weighted by Crippen LogP contribution is 2.22. The van der Waals surface area contributed by atoms with Gasteiger partial charge in [0.25, 0.3) is 5.91 Å². The number of hydrogen-bond donors (Lipinski definition) is 2. The van der Waals surface area contributed by atoms with Crippen LogP contribution in [0.15, 0.2) is 24.3 Å². The van der Waals surface area contributed by atoms with Crippen LogP contribution < -0.4 is 5.73 Å². The molecule has 0 aromatic heterocycles. The molecule has 1 aromatic carbocycles. The van der Waals surface area contributed by atoms with Crippen molar-refractivity contribution in [2.75, 3.05) is 6.54 Å². The fourth-order valence-electron chi connectivity index (χ4n) is 2.53. The first kappa shape index (κ1) is 12.9. The minimum Gasteiger partial charge on any atom is -0.508 e. The molecule has 1 fully saturated rings. The Kier molecular flexibility index (Phi) is 3.87. The highest BCUT2D eigenvalue weighted by atomic mass is 16.3. The largest absolute Gasteiger partial charge is 0.508 e. The van der Waals surface area contributed by atoms with Crippen LogP contribution in [0.2, 0.25) is 0 Å². The monoisotopic (exact) mass is 248 g/mol. The van der Waals surface area contributed by atoms with Gasteiger partial charge in [0.1, 0.15) is 5.75 Å². The van der Waals surface area contributed by atoms with Gasteiger partial charge in [0.05, 0.1) is 0 Å². The third-order valence-corrected chi connectivity index (χ3v) is 3.53. The number of rotatable bonds is 2. The average molecular weight is 248 g/mol. The summed E-state index contributed by atoms with van der Waals surface area (Å²) in [6.45, 7) is 2.72. The molecule has 1 aromatic rings. The van der Waals surface area contributed by atoms with Gasteiger partial charge in [-0.05, 0) is 50.5 Å². The first-order valence-electron chi connectivity index (χ1n) is 6.45. The molecule has 3 N–H and O–H groups in total. The number of nitrogens with zero attached hydrogens (tertiary/aromatic N) is 1. The van der Waals surface area contributed by atoms with E-state index in [9.17, 15) is 9.90 Å². The minimum atomic E-state index is -0.00800. The minimum absolute atomic E-state index is 0.00800. The van der Waals surface area contributed by atoms with Crippen molar-refractivity contribution in [1.29, 1.82) is 0 Å². The van der Waals surface area contributed by atoms with Gasteiger partial charge in [-0.3, -0.25) is 4.79 Å². The van der Waals surface area contributed by atoms with Gasteiger partial charge >= 0.3 is 0 Å². The normalized spacial score (nSPS) is 21.7. The number of carbonyl (C=O) groups excluding carboxylic acids is 1. The molecule has 0 spiro atoms. The summed E-state index contributed by atoms with van der Waals surface area (Å²) in [6, 6.07) is 6.51. The SMILES string of the molecule is CC(N)C1CCCCN1C(=O)c1ccc(O)cc1. The predicted molar refractivity (Wildman–Crippen MR) is 70.4 cm³/mol. The van der Waals surface area contributed by atoms with E-state index in [2.05, 4.69) is 0 Å². The number of aromatic hydroxyl groups is 1. The van der Waals surface area contributed by atoms with Gasteiger partial charge in [-0.2, -0.15) is 0 Å². The summed E-state index contributed by atoms with van der Waals surface area (Å²) in [5.74, 6) is 0.186. The van der Waals surface area contributed by atoms with Gasteiger partial charge in [-0.25, -0.2) is 0 Å². The molecule has 1 amide bonds. The molecule has 0 saturated carbocycles. The number of carbonyl (C=O) groups is 1. The maximum Gasteiger partial charge on any atom is 0.254 e. The molecular weight excluding hydrogens is 228 g/mol. The van der Waals surface area contributed by atoms with Crippen LogP contribution in [0.4, 0.5) is 0 Å². The van der Waals surface area contributed by atoms with E-state index in [0.29, 0.717) is 5.56 Å². The van der Waals surface area contributed by atoms with Crippen molar-refractivity contribution in [2.24, 2.45) is 5.73 Å². The number of phenolic OH excluding ortho intramolecular Hbond substituents is 1. The summed E-state index contributed by atoms with van der Waals surface area (Å²) >= 11 is 0. The molecule has 0 bridgehead atoms. The van der Waals surface area contributed by atoms with Gasteiger partial charge in [-0.1, -0.05) is 0 Å². The van der Waals surface area contributed by atoms with Gasteiger partial charge in [0.15, 0.2) is 0 Å². The standard InChI is InChI=1S/C14H20N2O2/c1-10(15)13-4-2-3-9-16(13)14(18)11-5-7-12(17)8-6-11/h5-8,10,13,17H,2-4,9,15H2,1H3. The molecule has 4 nitrogen and oxygen atoms in total. The Bertz CT molecular complexity index is 414. The number of nitrogens with two attached hydrogens (primary N) is 1. The first-order valence-corrected chi connectivity index (χ1v) is 6.45. The lowest BCUT2D eigenvalue weighted by atomic mass is 9.96. The molecular formula is C14H20N2O2. The number of amides is 1.